The van der Waals surface area contributed by atoms with Crippen LogP contribution in [-0.4, -0.2) is 10.4 Å². The van der Waals surface area contributed by atoms with Gasteiger partial charge >= 0.3 is 0 Å². The van der Waals surface area contributed by atoms with E-state index in [0.29, 0.717) is 13.0 Å². The standard InChI is InChI=1S/C15H13NO/c1-2-10-16-12-7-4-3-6-11(12)15-13(16)8-5-9-14(15)17/h1,3-4,6-7H,5,8-10H2. The van der Waals surface area contributed by atoms with Gasteiger partial charge in [0, 0.05) is 28.6 Å². The first kappa shape index (κ1) is 10.2. The molecule has 2 aromatic rings. The molecule has 17 heavy (non-hydrogen) atoms. The van der Waals surface area contributed by atoms with Crippen molar-refractivity contribution in [1.29, 1.82) is 0 Å². The molecule has 0 saturated carbocycles. The van der Waals surface area contributed by atoms with Gasteiger partial charge < -0.3 is 4.57 Å². The molecule has 0 spiro atoms. The van der Waals surface area contributed by atoms with Crippen molar-refractivity contribution in [2.45, 2.75) is 25.8 Å². The summed E-state index contributed by atoms with van der Waals surface area (Å²) in [6.07, 6.45) is 7.98. The van der Waals surface area contributed by atoms with Crippen LogP contribution in [0.3, 0.4) is 0 Å². The van der Waals surface area contributed by atoms with E-state index in [-0.39, 0.29) is 5.78 Å². The molecule has 0 atom stereocenters. The van der Waals surface area contributed by atoms with Crippen LogP contribution in [0.1, 0.15) is 28.9 Å². The van der Waals surface area contributed by atoms with Crippen LogP contribution in [0.4, 0.5) is 0 Å². The lowest BCUT2D eigenvalue weighted by Crippen LogP contribution is -2.13. The van der Waals surface area contributed by atoms with Gasteiger partial charge in [-0.25, -0.2) is 0 Å². The van der Waals surface area contributed by atoms with Crippen molar-refractivity contribution < 1.29 is 4.79 Å². The zero-order valence-electron chi connectivity index (χ0n) is 9.57. The second kappa shape index (κ2) is 3.78. The highest BCUT2D eigenvalue weighted by Gasteiger charge is 2.24. The molecule has 0 bridgehead atoms. The van der Waals surface area contributed by atoms with Crippen molar-refractivity contribution in [3.63, 3.8) is 0 Å². The van der Waals surface area contributed by atoms with Crippen molar-refractivity contribution in [1.82, 2.24) is 4.57 Å². The van der Waals surface area contributed by atoms with Gasteiger partial charge in [-0.3, -0.25) is 4.79 Å². The molecule has 0 N–H and O–H groups in total. The number of para-hydroxylation sites is 1. The number of benzene rings is 1. The van der Waals surface area contributed by atoms with Crippen LogP contribution in [0.2, 0.25) is 0 Å². The summed E-state index contributed by atoms with van der Waals surface area (Å²) in [6, 6.07) is 8.03. The Hall–Kier alpha value is -2.01. The molecular formula is C15H13NO. The average Bonchev–Trinajstić information content (AvgIpc) is 2.66. The zero-order valence-corrected chi connectivity index (χ0v) is 9.57. The predicted octanol–water partition coefficient (Wildman–Crippen LogP) is 2.79. The van der Waals surface area contributed by atoms with Crippen molar-refractivity contribution >= 4 is 16.7 Å². The Bertz CT molecular complexity index is 643. The number of nitrogens with zero attached hydrogens (tertiary/aromatic N) is 1. The molecule has 3 rings (SSSR count). The SMILES string of the molecule is C#CCn1c2c(c3ccccc31)C(=O)CCC2. The minimum atomic E-state index is 0.262. The lowest BCUT2D eigenvalue weighted by atomic mass is 9.94. The van der Waals surface area contributed by atoms with E-state index in [1.54, 1.807) is 0 Å². The maximum atomic E-state index is 12.1. The van der Waals surface area contributed by atoms with E-state index in [0.717, 1.165) is 35.0 Å². The fourth-order valence-corrected chi connectivity index (χ4v) is 2.74. The lowest BCUT2D eigenvalue weighted by molar-refractivity contribution is 0.0973. The summed E-state index contributed by atoms with van der Waals surface area (Å²) in [6.45, 7) is 0.545. The molecular weight excluding hydrogens is 210 g/mol. The summed E-state index contributed by atoms with van der Waals surface area (Å²) in [5, 5.41) is 1.06. The van der Waals surface area contributed by atoms with E-state index in [2.05, 4.69) is 10.5 Å². The Morgan fingerprint density at radius 3 is 2.94 bits per heavy atom. The number of carbonyl (C=O) groups excluding carboxylic acids is 1. The zero-order chi connectivity index (χ0) is 11.8. The summed E-state index contributed by atoms with van der Waals surface area (Å²) >= 11 is 0. The Balaban J connectivity index is 2.39. The van der Waals surface area contributed by atoms with Crippen LogP contribution in [0.25, 0.3) is 10.9 Å². The molecule has 1 aromatic carbocycles. The molecule has 84 valence electrons. The van der Waals surface area contributed by atoms with Crippen LogP contribution >= 0.6 is 0 Å². The lowest BCUT2D eigenvalue weighted by Gasteiger charge is -2.13. The van der Waals surface area contributed by atoms with Gasteiger partial charge in [-0.1, -0.05) is 24.1 Å². The molecule has 0 saturated heterocycles. The summed E-state index contributed by atoms with van der Waals surface area (Å²) in [4.78, 5) is 12.1. The van der Waals surface area contributed by atoms with Crippen LogP contribution < -0.4 is 0 Å². The van der Waals surface area contributed by atoms with Gasteiger partial charge in [0.25, 0.3) is 0 Å². The van der Waals surface area contributed by atoms with Crippen LogP contribution in [0.15, 0.2) is 24.3 Å². The number of fused-ring (bicyclic) bond motifs is 3. The highest BCUT2D eigenvalue weighted by molar-refractivity contribution is 6.10. The van der Waals surface area contributed by atoms with Crippen LogP contribution in [0, 0.1) is 12.3 Å². The molecule has 1 aromatic heterocycles. The summed E-state index contributed by atoms with van der Waals surface area (Å²) in [7, 11) is 0. The minimum absolute atomic E-state index is 0.262. The van der Waals surface area contributed by atoms with E-state index in [9.17, 15) is 4.79 Å². The quantitative estimate of drug-likeness (QED) is 0.681. The molecule has 0 unspecified atom stereocenters. The number of rotatable bonds is 1. The molecule has 0 radical (unpaired) electrons. The monoisotopic (exact) mass is 223 g/mol. The topological polar surface area (TPSA) is 22.0 Å². The number of carbonyl (C=O) groups is 1. The average molecular weight is 223 g/mol. The number of Topliss-reactive ketones (excluding diaryl/α,β-unsaturated/α-hetero) is 1. The van der Waals surface area contributed by atoms with Gasteiger partial charge in [0.15, 0.2) is 5.78 Å². The highest BCUT2D eigenvalue weighted by Crippen LogP contribution is 2.31. The smallest absolute Gasteiger partial charge is 0.165 e. The van der Waals surface area contributed by atoms with Gasteiger partial charge in [0.2, 0.25) is 0 Å². The van der Waals surface area contributed by atoms with Crippen molar-refractivity contribution in [3.05, 3.63) is 35.5 Å². The third-order valence-corrected chi connectivity index (χ3v) is 3.42. The van der Waals surface area contributed by atoms with Crippen molar-refractivity contribution in [2.24, 2.45) is 0 Å². The van der Waals surface area contributed by atoms with Gasteiger partial charge in [0.1, 0.15) is 0 Å². The maximum Gasteiger partial charge on any atom is 0.165 e. The van der Waals surface area contributed by atoms with Crippen LogP contribution in [0.5, 0.6) is 0 Å². The summed E-state index contributed by atoms with van der Waals surface area (Å²) in [5.41, 5.74) is 3.12. The normalized spacial score (nSPS) is 14.6. The molecule has 0 aliphatic heterocycles. The molecule has 1 aliphatic carbocycles. The predicted molar refractivity (Wildman–Crippen MR) is 68.0 cm³/mol. The van der Waals surface area contributed by atoms with Gasteiger partial charge in [-0.05, 0) is 18.9 Å². The maximum absolute atomic E-state index is 12.1. The molecule has 1 aliphatic rings. The molecule has 1 heterocycles. The van der Waals surface area contributed by atoms with E-state index in [1.807, 2.05) is 24.3 Å². The Morgan fingerprint density at radius 1 is 1.29 bits per heavy atom. The molecule has 0 fully saturated rings. The number of aromatic nitrogens is 1. The van der Waals surface area contributed by atoms with Crippen molar-refractivity contribution in [2.75, 3.05) is 0 Å². The highest BCUT2D eigenvalue weighted by atomic mass is 16.1. The van der Waals surface area contributed by atoms with E-state index in [4.69, 9.17) is 6.42 Å². The van der Waals surface area contributed by atoms with E-state index >= 15 is 0 Å². The number of terminal acetylenes is 1. The van der Waals surface area contributed by atoms with E-state index in [1.165, 1.54) is 0 Å². The van der Waals surface area contributed by atoms with E-state index < -0.39 is 0 Å². The van der Waals surface area contributed by atoms with Gasteiger partial charge in [-0.15, -0.1) is 6.42 Å². The fourth-order valence-electron chi connectivity index (χ4n) is 2.74. The Labute approximate surface area is 100 Å². The Morgan fingerprint density at radius 2 is 2.12 bits per heavy atom. The van der Waals surface area contributed by atoms with Crippen LogP contribution in [-0.2, 0) is 13.0 Å². The van der Waals surface area contributed by atoms with Gasteiger partial charge in [0.05, 0.1) is 6.54 Å². The fraction of sp³-hybridized carbons (Fsp3) is 0.267. The summed E-state index contributed by atoms with van der Waals surface area (Å²) in [5.74, 6) is 2.94. The molecule has 2 heteroatoms. The first-order valence-electron chi connectivity index (χ1n) is 5.89. The first-order valence-corrected chi connectivity index (χ1v) is 5.89. The minimum Gasteiger partial charge on any atom is -0.332 e. The second-order valence-electron chi connectivity index (χ2n) is 4.41. The summed E-state index contributed by atoms with van der Waals surface area (Å²) < 4.78 is 2.11. The first-order chi connectivity index (χ1) is 8.33. The second-order valence-corrected chi connectivity index (χ2v) is 4.41. The third-order valence-electron chi connectivity index (χ3n) is 3.42. The molecule has 2 nitrogen and oxygen atoms in total. The largest absolute Gasteiger partial charge is 0.332 e. The third kappa shape index (κ3) is 1.39. The number of hydrogen-bond acceptors (Lipinski definition) is 1. The van der Waals surface area contributed by atoms with Crippen molar-refractivity contribution in [3.8, 4) is 12.3 Å². The molecule has 0 amide bonds. The van der Waals surface area contributed by atoms with Gasteiger partial charge in [-0.2, -0.15) is 0 Å². The number of hydrogen-bond donors (Lipinski definition) is 0. The number of ketones is 1. The Kier molecular flexibility index (Phi) is 2.26.